The first kappa shape index (κ1) is 48.5. The summed E-state index contributed by atoms with van der Waals surface area (Å²) in [4.78, 5) is 96.5. The number of nitrogens with one attached hydrogen (secondary N) is 1. The number of nitrogens with zero attached hydrogens (tertiary/aromatic N) is 7. The molecule has 1 amide bonds. The van der Waals surface area contributed by atoms with E-state index in [1.165, 1.54) is 0 Å². The van der Waals surface area contributed by atoms with E-state index in [-0.39, 0.29) is 11.4 Å². The lowest BCUT2D eigenvalue weighted by Gasteiger charge is -2.45. The van der Waals surface area contributed by atoms with Crippen LogP contribution >= 0.6 is 0 Å². The molecule has 1 saturated heterocycles. The molecule has 28 heteroatoms. The number of ether oxygens (including phenoxy) is 4. The number of non-ortho nitro benzene ring substituents is 1. The van der Waals surface area contributed by atoms with Gasteiger partial charge >= 0.3 is 24.1 Å². The first-order chi connectivity index (χ1) is 26.8. The van der Waals surface area contributed by atoms with Gasteiger partial charge in [0.05, 0.1) is 43.1 Å². The maximum absolute atomic E-state index is 12.5. The molecule has 0 aliphatic carbocycles. The number of carbonyl (C=O) groups excluding carboxylic acids is 5. The normalized spacial score (nSPS) is 20.4. The number of carboxylic acid groups (broad SMARTS) is 2. The Morgan fingerprint density at radius 3 is 2.00 bits per heavy atom. The highest BCUT2D eigenvalue weighted by atomic mass is 16.8. The molecule has 1 aromatic rings. The number of rotatable bonds is 20. The quantitative estimate of drug-likeness (QED) is 0.0106. The van der Waals surface area contributed by atoms with E-state index in [0.29, 0.717) is 0 Å². The van der Waals surface area contributed by atoms with E-state index in [2.05, 4.69) is 25.4 Å². The average Bonchev–Trinajstić information content (AvgIpc) is 3.15. The third kappa shape index (κ3) is 16.4. The van der Waals surface area contributed by atoms with Gasteiger partial charge in [0, 0.05) is 40.7 Å². The van der Waals surface area contributed by atoms with Gasteiger partial charge in [-0.25, -0.2) is 4.79 Å². The summed E-state index contributed by atoms with van der Waals surface area (Å²) in [6.07, 6.45) is -14.2. The molecule has 0 aromatic heterocycles. The Morgan fingerprint density at radius 2 is 1.49 bits per heavy atom. The molecule has 1 aliphatic rings. The third-order valence-electron chi connectivity index (χ3n) is 7.50. The van der Waals surface area contributed by atoms with Gasteiger partial charge in [-0.15, -0.1) is 0 Å². The first-order valence-corrected chi connectivity index (χ1v) is 15.8. The van der Waals surface area contributed by atoms with Crippen LogP contribution in [0.3, 0.4) is 0 Å². The highest BCUT2D eigenvalue weighted by Crippen LogP contribution is 2.37. The second-order valence-corrected chi connectivity index (χ2v) is 11.4. The molecule has 0 bridgehead atoms. The predicted molar refractivity (Wildman–Crippen MR) is 178 cm³/mol. The van der Waals surface area contributed by atoms with Crippen molar-refractivity contribution < 1.29 is 93.2 Å². The summed E-state index contributed by atoms with van der Waals surface area (Å²) in [5.41, 5.74) is 16.1. The number of Topliss-reactive ketones (excluding diaryl/α,β-unsaturated/α-hetero) is 2. The van der Waals surface area contributed by atoms with Crippen molar-refractivity contribution in [2.45, 2.75) is 62.6 Å². The summed E-state index contributed by atoms with van der Waals surface area (Å²) in [7, 11) is 0. The number of hydrogen-bond donors (Lipinski definition) is 8. The number of esters is 1. The number of ketones is 2. The molecule has 312 valence electrons. The molecule has 8 N–H and O–H groups in total. The number of carbonyl (C=O) groups is 7. The van der Waals surface area contributed by atoms with Crippen molar-refractivity contribution in [1.29, 1.82) is 0 Å². The minimum atomic E-state index is -2.29. The molecule has 0 radical (unpaired) electrons. The number of aliphatic carboxylic acids is 2. The molecule has 1 heterocycles. The molecule has 1 aliphatic heterocycles. The van der Waals surface area contributed by atoms with Crippen molar-refractivity contribution >= 4 is 47.2 Å². The molecule has 57 heavy (non-hydrogen) atoms. The standard InChI is InChI=1S/C21H23N5O13.C8H13N3O7/c1-10(27)36-9-15-13(6-17(29)30)14(7-18(31)32)19(24-16(28)8-23-25-22)20(38-15)39-21(33)37-12-4-2-11(3-5-12)26(34)35;9-11-10-1-3(13)5(15)7(17)8(18)6(16)4(14)2-12/h2-5,13-15,19-20H,6-9H2,1H3,(H,24,28)(H,29,30)(H,31,32);4,6-8,12,14,16-18H,1-2H2/t13-,14+,15-,19-,20-;4-,6-,7-,8+/m01/s1. The Hall–Kier alpha value is -6.51. The maximum Gasteiger partial charge on any atom is 0.516 e. The van der Waals surface area contributed by atoms with Crippen molar-refractivity contribution in [3.05, 3.63) is 55.3 Å². The van der Waals surface area contributed by atoms with E-state index in [1.807, 2.05) is 0 Å². The summed E-state index contributed by atoms with van der Waals surface area (Å²) in [5.74, 6) is -9.76. The average molecular weight is 817 g/mol. The summed E-state index contributed by atoms with van der Waals surface area (Å²) in [6, 6.07) is 2.81. The third-order valence-corrected chi connectivity index (χ3v) is 7.50. The van der Waals surface area contributed by atoms with E-state index >= 15 is 0 Å². The number of azide groups is 2. The van der Waals surface area contributed by atoms with Gasteiger partial charge in [0.15, 0.2) is 0 Å². The number of nitro benzene ring substituents is 1. The van der Waals surface area contributed by atoms with Gasteiger partial charge in [0.25, 0.3) is 5.69 Å². The number of aliphatic hydroxyl groups excluding tert-OH is 5. The van der Waals surface area contributed by atoms with Crippen LogP contribution in [0.15, 0.2) is 34.5 Å². The molecular formula is C29H36N8O20. The predicted octanol–water partition coefficient (Wildman–Crippen LogP) is -1.75. The smallest absolute Gasteiger partial charge is 0.481 e. The summed E-state index contributed by atoms with van der Waals surface area (Å²) in [6.45, 7) is -1.95. The van der Waals surface area contributed by atoms with E-state index < -0.39 is 140 Å². The largest absolute Gasteiger partial charge is 0.516 e. The molecule has 9 atom stereocenters. The van der Waals surface area contributed by atoms with Gasteiger partial charge in [-0.05, 0) is 23.2 Å². The van der Waals surface area contributed by atoms with Gasteiger partial charge in [0.1, 0.15) is 43.3 Å². The number of hydrogen-bond acceptors (Lipinski definition) is 20. The topological polar surface area (TPSA) is 451 Å². The zero-order valence-corrected chi connectivity index (χ0v) is 29.3. The van der Waals surface area contributed by atoms with Crippen LogP contribution < -0.4 is 10.1 Å². The second-order valence-electron chi connectivity index (χ2n) is 11.4. The summed E-state index contributed by atoms with van der Waals surface area (Å²) < 4.78 is 20.7. The van der Waals surface area contributed by atoms with E-state index in [9.17, 15) is 69.2 Å². The van der Waals surface area contributed by atoms with Crippen LogP contribution in [0.1, 0.15) is 19.8 Å². The fourth-order valence-corrected chi connectivity index (χ4v) is 4.90. The number of benzene rings is 1. The number of carboxylic acids is 2. The van der Waals surface area contributed by atoms with Crippen LogP contribution in [0, 0.1) is 22.0 Å². The van der Waals surface area contributed by atoms with E-state index in [1.54, 1.807) is 0 Å². The Kier molecular flexibility index (Phi) is 20.5. The Labute approximate surface area is 317 Å². The Bertz CT molecular complexity index is 1720. The van der Waals surface area contributed by atoms with Crippen LogP contribution in [0.5, 0.6) is 5.75 Å². The van der Waals surface area contributed by atoms with Crippen molar-refractivity contribution in [3.63, 3.8) is 0 Å². The fourth-order valence-electron chi connectivity index (χ4n) is 4.90. The van der Waals surface area contributed by atoms with Crippen LogP contribution in [0.4, 0.5) is 10.5 Å². The SMILES string of the molecule is CC(=O)OC[C@@H]1O[C@@H](OC(=O)Oc2ccc([N+](=O)[O-])cc2)[C@@H](NC(=O)CN=[N+]=[N-])[C@H](CC(=O)O)[C@@H]1CC(=O)O.[N-]=[N+]=NCC(=O)C(=O)[C@@H](O)[C@@H](O)[C@H](O)[C@H](O)CO. The Balaban J connectivity index is 0.000000758. The number of amides is 1. The molecule has 1 aromatic carbocycles. The number of aliphatic hydroxyl groups is 5. The molecule has 2 rings (SSSR count). The first-order valence-electron chi connectivity index (χ1n) is 15.8. The lowest BCUT2D eigenvalue weighted by molar-refractivity contribution is -0.384. The molecule has 0 saturated carbocycles. The van der Waals surface area contributed by atoms with Crippen LogP contribution in [0.2, 0.25) is 0 Å². The monoisotopic (exact) mass is 816 g/mol. The van der Waals surface area contributed by atoms with Gasteiger partial charge in [-0.1, -0.05) is 10.2 Å². The number of nitro groups is 1. The highest BCUT2D eigenvalue weighted by Gasteiger charge is 2.50. The molecule has 1 fully saturated rings. The Morgan fingerprint density at radius 1 is 0.930 bits per heavy atom. The van der Waals surface area contributed by atoms with Gasteiger partial charge in [0.2, 0.25) is 23.8 Å². The van der Waals surface area contributed by atoms with Crippen LogP contribution in [-0.2, 0) is 43.0 Å². The van der Waals surface area contributed by atoms with Crippen LogP contribution in [0.25, 0.3) is 20.9 Å². The van der Waals surface area contributed by atoms with Crippen molar-refractivity contribution in [3.8, 4) is 5.75 Å². The second kappa shape index (κ2) is 24.1. The lowest BCUT2D eigenvalue weighted by atomic mass is 9.75. The molecule has 0 spiro atoms. The minimum Gasteiger partial charge on any atom is -0.481 e. The maximum atomic E-state index is 12.5. The van der Waals surface area contributed by atoms with Crippen LogP contribution in [-0.4, -0.2) is 151 Å². The van der Waals surface area contributed by atoms with Crippen molar-refractivity contribution in [2.75, 3.05) is 26.3 Å². The summed E-state index contributed by atoms with van der Waals surface area (Å²) >= 11 is 0. The van der Waals surface area contributed by atoms with Gasteiger partial charge < -0.3 is 60.0 Å². The molecular weight excluding hydrogens is 780 g/mol. The fraction of sp³-hybridized carbons (Fsp3) is 0.552. The van der Waals surface area contributed by atoms with E-state index in [0.717, 1.165) is 31.2 Å². The lowest BCUT2D eigenvalue weighted by Crippen LogP contribution is -2.61. The van der Waals surface area contributed by atoms with Crippen molar-refractivity contribution in [1.82, 2.24) is 5.32 Å². The van der Waals surface area contributed by atoms with Gasteiger partial charge in [-0.2, -0.15) is 0 Å². The molecule has 0 unspecified atom stereocenters. The zero-order chi connectivity index (χ0) is 43.4. The van der Waals surface area contributed by atoms with E-state index in [4.69, 9.17) is 40.2 Å². The van der Waals surface area contributed by atoms with Gasteiger partial charge in [-0.3, -0.25) is 38.9 Å². The summed E-state index contributed by atoms with van der Waals surface area (Å²) in [5, 5.41) is 83.2. The van der Waals surface area contributed by atoms with Crippen molar-refractivity contribution in [2.24, 2.45) is 22.1 Å². The zero-order valence-electron chi connectivity index (χ0n) is 29.3. The highest BCUT2D eigenvalue weighted by molar-refractivity contribution is 6.39. The molecule has 28 nitrogen and oxygen atoms in total. The minimum absolute atomic E-state index is 0.173.